The summed E-state index contributed by atoms with van der Waals surface area (Å²) in [5.74, 6) is 0. The molecule has 15 heavy (non-hydrogen) atoms. The molecule has 0 spiro atoms. The number of allylic oxidation sites excluding steroid dienone is 1. The molecular formula is C14H11S. The topological polar surface area (TPSA) is 0 Å². The van der Waals surface area contributed by atoms with E-state index in [1.165, 1.54) is 27.1 Å². The van der Waals surface area contributed by atoms with Crippen LogP contribution in [0.5, 0.6) is 0 Å². The van der Waals surface area contributed by atoms with Crippen LogP contribution >= 0.6 is 11.3 Å². The Morgan fingerprint density at radius 3 is 2.80 bits per heavy atom. The molecule has 0 N–H and O–H groups in total. The molecule has 0 nitrogen and oxygen atoms in total. The van der Waals surface area contributed by atoms with E-state index in [4.69, 9.17) is 0 Å². The zero-order chi connectivity index (χ0) is 10.3. The summed E-state index contributed by atoms with van der Waals surface area (Å²) >= 11 is 1.80. The quantitative estimate of drug-likeness (QED) is 0.656. The van der Waals surface area contributed by atoms with E-state index in [0.29, 0.717) is 0 Å². The number of benzene rings is 1. The Balaban J connectivity index is 2.22. The molecule has 0 saturated carbocycles. The smallest absolute Gasteiger partial charge is 0.0348 e. The van der Waals surface area contributed by atoms with E-state index >= 15 is 0 Å². The second-order valence-corrected chi connectivity index (χ2v) is 4.77. The van der Waals surface area contributed by atoms with Crippen molar-refractivity contribution in [3.8, 4) is 10.4 Å². The van der Waals surface area contributed by atoms with Crippen molar-refractivity contribution in [3.05, 3.63) is 58.8 Å². The average molecular weight is 211 g/mol. The lowest BCUT2D eigenvalue weighted by molar-refractivity contribution is 1.45. The maximum atomic E-state index is 2.27. The summed E-state index contributed by atoms with van der Waals surface area (Å²) in [6.07, 6.45) is 4.51. The van der Waals surface area contributed by atoms with Crippen LogP contribution in [0.1, 0.15) is 18.1 Å². The first-order valence-electron chi connectivity index (χ1n) is 5.04. The Bertz CT molecular complexity index is 518. The van der Waals surface area contributed by atoms with Gasteiger partial charge in [-0.05, 0) is 35.1 Å². The van der Waals surface area contributed by atoms with Gasteiger partial charge in [0.2, 0.25) is 0 Å². The van der Waals surface area contributed by atoms with Crippen LogP contribution in [0.4, 0.5) is 0 Å². The summed E-state index contributed by atoms with van der Waals surface area (Å²) in [6.45, 7) is 2.15. The van der Waals surface area contributed by atoms with Crippen LogP contribution in [0.25, 0.3) is 16.5 Å². The zero-order valence-electron chi connectivity index (χ0n) is 8.53. The average Bonchev–Trinajstić information content (AvgIpc) is 2.82. The molecule has 0 atom stereocenters. The zero-order valence-corrected chi connectivity index (χ0v) is 9.34. The third kappa shape index (κ3) is 1.44. The van der Waals surface area contributed by atoms with Gasteiger partial charge in [-0.3, -0.25) is 0 Å². The molecule has 0 saturated heterocycles. The van der Waals surface area contributed by atoms with Crippen LogP contribution in [0, 0.1) is 6.42 Å². The Kier molecular flexibility index (Phi) is 2.00. The van der Waals surface area contributed by atoms with Crippen molar-refractivity contribution in [1.29, 1.82) is 0 Å². The van der Waals surface area contributed by atoms with Gasteiger partial charge in [0.05, 0.1) is 0 Å². The van der Waals surface area contributed by atoms with E-state index in [2.05, 4.69) is 55.1 Å². The summed E-state index contributed by atoms with van der Waals surface area (Å²) in [6, 6.07) is 10.8. The normalized spacial score (nSPS) is 13.8. The van der Waals surface area contributed by atoms with E-state index in [1.807, 2.05) is 0 Å². The maximum Gasteiger partial charge on any atom is 0.0348 e. The largest absolute Gasteiger partial charge is 0.144 e. The Morgan fingerprint density at radius 1 is 1.07 bits per heavy atom. The van der Waals surface area contributed by atoms with Crippen LogP contribution in [0.15, 0.2) is 41.3 Å². The first-order chi connectivity index (χ1) is 7.34. The van der Waals surface area contributed by atoms with E-state index in [9.17, 15) is 0 Å². The minimum absolute atomic E-state index is 1.34. The maximum absolute atomic E-state index is 2.27. The molecule has 3 rings (SSSR count). The van der Waals surface area contributed by atoms with Crippen molar-refractivity contribution in [2.75, 3.05) is 0 Å². The van der Waals surface area contributed by atoms with Gasteiger partial charge in [-0.1, -0.05) is 35.9 Å². The Labute approximate surface area is 93.9 Å². The first-order valence-corrected chi connectivity index (χ1v) is 5.92. The molecule has 1 radical (unpaired) electrons. The number of rotatable bonds is 1. The fourth-order valence-corrected chi connectivity index (χ4v) is 2.80. The van der Waals surface area contributed by atoms with E-state index < -0.39 is 0 Å². The Hall–Kier alpha value is -1.34. The molecule has 2 aromatic rings. The summed E-state index contributed by atoms with van der Waals surface area (Å²) in [4.78, 5) is 1.35. The number of hydrogen-bond donors (Lipinski definition) is 0. The van der Waals surface area contributed by atoms with Gasteiger partial charge < -0.3 is 0 Å². The molecule has 1 heterocycles. The van der Waals surface area contributed by atoms with Gasteiger partial charge in [-0.15, -0.1) is 11.3 Å². The highest BCUT2D eigenvalue weighted by Crippen LogP contribution is 2.36. The van der Waals surface area contributed by atoms with Crippen LogP contribution in [0.2, 0.25) is 0 Å². The predicted molar refractivity (Wildman–Crippen MR) is 66.8 cm³/mol. The fraction of sp³-hybridized carbons (Fsp3) is 0.0714. The molecule has 1 heteroatoms. The molecule has 0 aliphatic heterocycles. The van der Waals surface area contributed by atoms with Crippen molar-refractivity contribution in [3.63, 3.8) is 0 Å². The van der Waals surface area contributed by atoms with Gasteiger partial charge in [-0.2, -0.15) is 0 Å². The summed E-state index contributed by atoms with van der Waals surface area (Å²) in [5, 5.41) is 2.13. The summed E-state index contributed by atoms with van der Waals surface area (Å²) in [5.41, 5.74) is 5.42. The lowest BCUT2D eigenvalue weighted by atomic mass is 10.0. The van der Waals surface area contributed by atoms with Gasteiger partial charge in [0.15, 0.2) is 0 Å². The Morgan fingerprint density at radius 2 is 2.00 bits per heavy atom. The molecule has 0 amide bonds. The third-order valence-electron chi connectivity index (χ3n) is 2.68. The van der Waals surface area contributed by atoms with Gasteiger partial charge in [-0.25, -0.2) is 0 Å². The molecule has 1 aliphatic rings. The van der Waals surface area contributed by atoms with Crippen molar-refractivity contribution in [2.45, 2.75) is 6.92 Å². The lowest BCUT2D eigenvalue weighted by Gasteiger charge is -2.04. The SMILES string of the molecule is CC1=Cc2c(cccc2-c2cccs2)[CH]1. The first kappa shape index (κ1) is 8.93. The van der Waals surface area contributed by atoms with Crippen LogP contribution in [0.3, 0.4) is 0 Å². The van der Waals surface area contributed by atoms with Gasteiger partial charge >= 0.3 is 0 Å². The van der Waals surface area contributed by atoms with Gasteiger partial charge in [0, 0.05) is 11.3 Å². The highest BCUT2D eigenvalue weighted by Gasteiger charge is 2.14. The summed E-state index contributed by atoms with van der Waals surface area (Å²) in [7, 11) is 0. The lowest BCUT2D eigenvalue weighted by Crippen LogP contribution is -1.83. The molecule has 1 aromatic carbocycles. The molecule has 0 unspecified atom stereocenters. The number of fused-ring (bicyclic) bond motifs is 1. The van der Waals surface area contributed by atoms with Crippen molar-refractivity contribution >= 4 is 17.4 Å². The van der Waals surface area contributed by atoms with Crippen LogP contribution < -0.4 is 0 Å². The molecule has 1 aliphatic carbocycles. The van der Waals surface area contributed by atoms with E-state index in [1.54, 1.807) is 11.3 Å². The standard InChI is InChI=1S/C14H11S/c1-10-8-11-4-2-5-12(13(11)9-10)14-6-3-7-15-14/h2-9H,1H3. The van der Waals surface area contributed by atoms with Gasteiger partial charge in [0.25, 0.3) is 0 Å². The highest BCUT2D eigenvalue weighted by molar-refractivity contribution is 7.13. The number of thiophene rings is 1. The third-order valence-corrected chi connectivity index (χ3v) is 3.58. The second kappa shape index (κ2) is 3.35. The van der Waals surface area contributed by atoms with Crippen LogP contribution in [-0.4, -0.2) is 0 Å². The minimum atomic E-state index is 1.34. The molecule has 73 valence electrons. The highest BCUT2D eigenvalue weighted by atomic mass is 32.1. The number of hydrogen-bond acceptors (Lipinski definition) is 1. The fourth-order valence-electron chi connectivity index (χ4n) is 2.03. The van der Waals surface area contributed by atoms with Crippen LogP contribution in [-0.2, 0) is 0 Å². The van der Waals surface area contributed by atoms with Gasteiger partial charge in [0.1, 0.15) is 0 Å². The summed E-state index contributed by atoms with van der Waals surface area (Å²) < 4.78 is 0. The van der Waals surface area contributed by atoms with Crippen molar-refractivity contribution in [1.82, 2.24) is 0 Å². The van der Waals surface area contributed by atoms with E-state index in [0.717, 1.165) is 0 Å². The predicted octanol–water partition coefficient (Wildman–Crippen LogP) is 4.38. The second-order valence-electron chi connectivity index (χ2n) is 3.82. The van der Waals surface area contributed by atoms with E-state index in [-0.39, 0.29) is 0 Å². The minimum Gasteiger partial charge on any atom is -0.144 e. The van der Waals surface area contributed by atoms with Crippen molar-refractivity contribution in [2.24, 2.45) is 0 Å². The molecule has 0 fully saturated rings. The molecular weight excluding hydrogens is 200 g/mol. The molecule has 0 bridgehead atoms. The monoisotopic (exact) mass is 211 g/mol. The van der Waals surface area contributed by atoms with Crippen molar-refractivity contribution < 1.29 is 0 Å². The molecule has 1 aromatic heterocycles.